The van der Waals surface area contributed by atoms with Crippen molar-refractivity contribution >= 4 is 11.9 Å². The van der Waals surface area contributed by atoms with E-state index < -0.39 is 5.97 Å². The number of benzene rings is 1. The minimum absolute atomic E-state index is 0.0251. The molecule has 0 bridgehead atoms. The van der Waals surface area contributed by atoms with Crippen LogP contribution in [0.1, 0.15) is 46.1 Å². The lowest BCUT2D eigenvalue weighted by atomic mass is 9.86. The molecule has 0 amide bonds. The van der Waals surface area contributed by atoms with Gasteiger partial charge in [-0.25, -0.2) is 0 Å². The summed E-state index contributed by atoms with van der Waals surface area (Å²) in [6, 6.07) is 7.44. The van der Waals surface area contributed by atoms with Crippen LogP contribution < -0.4 is 4.74 Å². The number of carbonyl (C=O) groups is 2. The van der Waals surface area contributed by atoms with Gasteiger partial charge in [-0.3, -0.25) is 9.59 Å². The fourth-order valence-electron chi connectivity index (χ4n) is 1.79. The molecule has 20 heavy (non-hydrogen) atoms. The molecule has 4 nitrogen and oxygen atoms in total. The van der Waals surface area contributed by atoms with Gasteiger partial charge >= 0.3 is 11.9 Å². The quantitative estimate of drug-likeness (QED) is 0.613. The number of hydrogen-bond donors (Lipinski definition) is 0. The van der Waals surface area contributed by atoms with Gasteiger partial charge in [-0.1, -0.05) is 39.0 Å². The van der Waals surface area contributed by atoms with Crippen molar-refractivity contribution in [1.82, 2.24) is 0 Å². The van der Waals surface area contributed by atoms with E-state index >= 15 is 0 Å². The standard InChI is InChI=1S/C16H22O4/c1-5-19-14(17)10-11-15(18)20-13-9-7-6-8-12(13)16(2,3)4/h6-9H,5,10-11H2,1-4H3. The van der Waals surface area contributed by atoms with Crippen LogP contribution in [0.2, 0.25) is 0 Å². The molecule has 0 spiro atoms. The van der Waals surface area contributed by atoms with Crippen LogP contribution in [0.25, 0.3) is 0 Å². The number of esters is 2. The third-order valence-electron chi connectivity index (χ3n) is 2.76. The summed E-state index contributed by atoms with van der Waals surface area (Å²) in [4.78, 5) is 23.0. The SMILES string of the molecule is CCOC(=O)CCC(=O)Oc1ccccc1C(C)(C)C. The lowest BCUT2D eigenvalue weighted by molar-refractivity contribution is -0.146. The van der Waals surface area contributed by atoms with Gasteiger partial charge in [-0.15, -0.1) is 0 Å². The molecule has 4 heteroatoms. The van der Waals surface area contributed by atoms with Crippen molar-refractivity contribution in [3.8, 4) is 5.75 Å². The van der Waals surface area contributed by atoms with Crippen molar-refractivity contribution in [3.05, 3.63) is 29.8 Å². The van der Waals surface area contributed by atoms with Gasteiger partial charge in [0.2, 0.25) is 0 Å². The monoisotopic (exact) mass is 278 g/mol. The Morgan fingerprint density at radius 1 is 1.05 bits per heavy atom. The van der Waals surface area contributed by atoms with E-state index in [4.69, 9.17) is 9.47 Å². The van der Waals surface area contributed by atoms with Gasteiger partial charge < -0.3 is 9.47 Å². The maximum Gasteiger partial charge on any atom is 0.311 e. The van der Waals surface area contributed by atoms with Gasteiger partial charge in [-0.05, 0) is 18.4 Å². The number of ether oxygens (including phenoxy) is 2. The maximum atomic E-state index is 11.8. The molecule has 0 saturated heterocycles. The van der Waals surface area contributed by atoms with E-state index in [1.165, 1.54) is 0 Å². The second-order valence-electron chi connectivity index (χ2n) is 5.53. The molecule has 1 aromatic rings. The van der Waals surface area contributed by atoms with E-state index in [-0.39, 0.29) is 24.2 Å². The fraction of sp³-hybridized carbons (Fsp3) is 0.500. The molecule has 0 aliphatic rings. The Kier molecular flexibility index (Phi) is 5.74. The Labute approximate surface area is 120 Å². The number of carbonyl (C=O) groups excluding carboxylic acids is 2. The van der Waals surface area contributed by atoms with E-state index in [1.807, 2.05) is 18.2 Å². The van der Waals surface area contributed by atoms with E-state index in [0.717, 1.165) is 5.56 Å². The maximum absolute atomic E-state index is 11.8. The third-order valence-corrected chi connectivity index (χ3v) is 2.76. The number of rotatable bonds is 5. The third kappa shape index (κ3) is 5.03. The zero-order valence-corrected chi connectivity index (χ0v) is 12.6. The van der Waals surface area contributed by atoms with E-state index in [1.54, 1.807) is 13.0 Å². The van der Waals surface area contributed by atoms with Crippen molar-refractivity contribution < 1.29 is 19.1 Å². The molecule has 0 aromatic heterocycles. The lowest BCUT2D eigenvalue weighted by Gasteiger charge is -2.21. The molecule has 0 unspecified atom stereocenters. The van der Waals surface area contributed by atoms with Crippen LogP contribution in [0.5, 0.6) is 5.75 Å². The molecule has 0 atom stereocenters. The highest BCUT2D eigenvalue weighted by atomic mass is 16.5. The Bertz CT molecular complexity index is 472. The molecule has 0 radical (unpaired) electrons. The molecule has 0 aliphatic carbocycles. The smallest absolute Gasteiger partial charge is 0.311 e. The Hall–Kier alpha value is -1.84. The number of hydrogen-bond acceptors (Lipinski definition) is 4. The highest BCUT2D eigenvalue weighted by molar-refractivity contribution is 5.79. The zero-order chi connectivity index (χ0) is 15.2. The molecule has 1 aromatic carbocycles. The predicted molar refractivity (Wildman–Crippen MR) is 76.6 cm³/mol. The summed E-state index contributed by atoms with van der Waals surface area (Å²) >= 11 is 0. The summed E-state index contributed by atoms with van der Waals surface area (Å²) in [6.07, 6.45) is 0.0711. The largest absolute Gasteiger partial charge is 0.466 e. The minimum atomic E-state index is -0.422. The van der Waals surface area contributed by atoms with Gasteiger partial charge in [0.05, 0.1) is 19.4 Å². The van der Waals surface area contributed by atoms with Gasteiger partial charge in [0.1, 0.15) is 5.75 Å². The highest BCUT2D eigenvalue weighted by Gasteiger charge is 2.20. The molecule has 110 valence electrons. The number of para-hydroxylation sites is 1. The Morgan fingerprint density at radius 3 is 2.25 bits per heavy atom. The van der Waals surface area contributed by atoms with Crippen molar-refractivity contribution in [2.45, 2.75) is 46.0 Å². The van der Waals surface area contributed by atoms with Gasteiger partial charge in [-0.2, -0.15) is 0 Å². The topological polar surface area (TPSA) is 52.6 Å². The Morgan fingerprint density at radius 2 is 1.65 bits per heavy atom. The molecule has 0 aliphatic heterocycles. The van der Waals surface area contributed by atoms with Gasteiger partial charge in [0.25, 0.3) is 0 Å². The fourth-order valence-corrected chi connectivity index (χ4v) is 1.79. The van der Waals surface area contributed by atoms with Crippen LogP contribution in [0, 0.1) is 0 Å². The summed E-state index contributed by atoms with van der Waals surface area (Å²) in [5.41, 5.74) is 0.849. The van der Waals surface area contributed by atoms with Crippen molar-refractivity contribution in [1.29, 1.82) is 0 Å². The van der Waals surface area contributed by atoms with Crippen LogP contribution in [0.4, 0.5) is 0 Å². The van der Waals surface area contributed by atoms with Crippen LogP contribution in [-0.4, -0.2) is 18.5 Å². The first-order chi connectivity index (χ1) is 9.34. The normalized spacial score (nSPS) is 11.0. The summed E-state index contributed by atoms with van der Waals surface area (Å²) in [7, 11) is 0. The van der Waals surface area contributed by atoms with E-state index in [9.17, 15) is 9.59 Å². The molecule has 0 saturated carbocycles. The molecular weight excluding hydrogens is 256 g/mol. The predicted octanol–water partition coefficient (Wildman–Crippen LogP) is 3.23. The zero-order valence-electron chi connectivity index (χ0n) is 12.6. The first-order valence-corrected chi connectivity index (χ1v) is 6.80. The molecule has 1 rings (SSSR count). The first-order valence-electron chi connectivity index (χ1n) is 6.80. The highest BCUT2D eigenvalue weighted by Crippen LogP contribution is 2.31. The van der Waals surface area contributed by atoms with Crippen molar-refractivity contribution in [2.24, 2.45) is 0 Å². The van der Waals surface area contributed by atoms with Gasteiger partial charge in [0, 0.05) is 5.56 Å². The first kappa shape index (κ1) is 16.2. The van der Waals surface area contributed by atoms with Crippen molar-refractivity contribution in [2.75, 3.05) is 6.61 Å². The molecule has 0 fully saturated rings. The minimum Gasteiger partial charge on any atom is -0.466 e. The average Bonchev–Trinajstić information content (AvgIpc) is 2.36. The molecule has 0 N–H and O–H groups in total. The summed E-state index contributed by atoms with van der Waals surface area (Å²) in [5, 5.41) is 0. The Balaban J connectivity index is 2.65. The van der Waals surface area contributed by atoms with Gasteiger partial charge in [0.15, 0.2) is 0 Å². The van der Waals surface area contributed by atoms with Crippen LogP contribution in [-0.2, 0) is 19.7 Å². The van der Waals surface area contributed by atoms with E-state index in [0.29, 0.717) is 12.4 Å². The van der Waals surface area contributed by atoms with Crippen LogP contribution >= 0.6 is 0 Å². The van der Waals surface area contributed by atoms with Crippen LogP contribution in [0.15, 0.2) is 24.3 Å². The van der Waals surface area contributed by atoms with E-state index in [2.05, 4.69) is 20.8 Å². The second kappa shape index (κ2) is 7.08. The van der Waals surface area contributed by atoms with Crippen molar-refractivity contribution in [3.63, 3.8) is 0 Å². The van der Waals surface area contributed by atoms with Crippen LogP contribution in [0.3, 0.4) is 0 Å². The second-order valence-corrected chi connectivity index (χ2v) is 5.53. The molecule has 0 heterocycles. The summed E-state index contributed by atoms with van der Waals surface area (Å²) in [6.45, 7) is 8.21. The lowest BCUT2D eigenvalue weighted by Crippen LogP contribution is -2.17. The summed E-state index contributed by atoms with van der Waals surface area (Å²) in [5.74, 6) is -0.253. The average molecular weight is 278 g/mol. The molecular formula is C16H22O4. The summed E-state index contributed by atoms with van der Waals surface area (Å²) < 4.78 is 10.1.